The van der Waals surface area contributed by atoms with E-state index in [9.17, 15) is 5.11 Å². The normalized spacial score (nSPS) is 13.8. The van der Waals surface area contributed by atoms with Gasteiger partial charge in [-0.2, -0.15) is 0 Å². The smallest absolute Gasteiger partial charge is 0.0828 e. The van der Waals surface area contributed by atoms with Crippen LogP contribution < -0.4 is 5.32 Å². The van der Waals surface area contributed by atoms with Crippen molar-refractivity contribution >= 4 is 33.4 Å². The molecule has 1 atom stereocenters. The molecular formula is C16H18BrNOS. The van der Waals surface area contributed by atoms with Crippen molar-refractivity contribution in [3.8, 4) is 0 Å². The van der Waals surface area contributed by atoms with E-state index in [2.05, 4.69) is 51.8 Å². The highest BCUT2D eigenvalue weighted by Gasteiger charge is 2.26. The van der Waals surface area contributed by atoms with Gasteiger partial charge in [-0.15, -0.1) is 11.8 Å². The van der Waals surface area contributed by atoms with Gasteiger partial charge in [0.25, 0.3) is 0 Å². The van der Waals surface area contributed by atoms with E-state index in [4.69, 9.17) is 0 Å². The van der Waals surface area contributed by atoms with E-state index in [1.165, 1.54) is 4.90 Å². The highest BCUT2D eigenvalue weighted by atomic mass is 79.9. The molecule has 0 bridgehead atoms. The lowest BCUT2D eigenvalue weighted by molar-refractivity contribution is 0.224. The maximum absolute atomic E-state index is 9.83. The molecule has 2 aromatic rings. The highest BCUT2D eigenvalue weighted by molar-refractivity contribution is 9.10. The molecule has 0 aliphatic carbocycles. The van der Waals surface area contributed by atoms with Gasteiger partial charge in [0.2, 0.25) is 0 Å². The largest absolute Gasteiger partial charge is 0.394 e. The van der Waals surface area contributed by atoms with E-state index >= 15 is 0 Å². The molecule has 0 spiro atoms. The fraction of sp³-hybridized carbons (Fsp3) is 0.250. The Labute approximate surface area is 132 Å². The van der Waals surface area contributed by atoms with Gasteiger partial charge in [-0.05, 0) is 58.9 Å². The first-order valence-electron chi connectivity index (χ1n) is 6.37. The van der Waals surface area contributed by atoms with Crippen molar-refractivity contribution in [2.45, 2.75) is 17.4 Å². The third kappa shape index (κ3) is 3.37. The van der Waals surface area contributed by atoms with Crippen molar-refractivity contribution < 1.29 is 5.11 Å². The number of aliphatic hydroxyl groups is 1. The topological polar surface area (TPSA) is 32.3 Å². The molecule has 0 amide bonds. The first-order valence-corrected chi connectivity index (χ1v) is 8.39. The maximum atomic E-state index is 9.83. The van der Waals surface area contributed by atoms with Crippen LogP contribution in [0.25, 0.3) is 0 Å². The lowest BCUT2D eigenvalue weighted by Gasteiger charge is -2.31. The summed E-state index contributed by atoms with van der Waals surface area (Å²) in [5, 5.41) is 13.3. The summed E-state index contributed by atoms with van der Waals surface area (Å²) < 4.78 is 0.986. The second kappa shape index (κ2) is 6.66. The molecule has 1 unspecified atom stereocenters. The zero-order chi connectivity index (χ0) is 14.6. The lowest BCUT2D eigenvalue weighted by atomic mass is 9.92. The van der Waals surface area contributed by atoms with Crippen molar-refractivity contribution in [3.05, 3.63) is 58.6 Å². The minimum atomic E-state index is -0.513. The minimum absolute atomic E-state index is 0.0208. The van der Waals surface area contributed by atoms with E-state index in [1.54, 1.807) is 11.8 Å². The Kier molecular flexibility index (Phi) is 5.13. The Hall–Kier alpha value is -0.970. The first-order chi connectivity index (χ1) is 9.59. The van der Waals surface area contributed by atoms with Crippen LogP contribution in [0.3, 0.4) is 0 Å². The van der Waals surface area contributed by atoms with Gasteiger partial charge in [-0.1, -0.05) is 24.3 Å². The minimum Gasteiger partial charge on any atom is -0.394 e. The monoisotopic (exact) mass is 351 g/mol. The zero-order valence-corrected chi connectivity index (χ0v) is 14.0. The third-order valence-corrected chi connectivity index (χ3v) is 4.76. The molecule has 2 N–H and O–H groups in total. The maximum Gasteiger partial charge on any atom is 0.0828 e. The average molecular weight is 352 g/mol. The van der Waals surface area contributed by atoms with Crippen LogP contribution in [-0.4, -0.2) is 18.0 Å². The molecule has 0 aliphatic rings. The van der Waals surface area contributed by atoms with Gasteiger partial charge in [-0.3, -0.25) is 0 Å². The number of benzene rings is 2. The van der Waals surface area contributed by atoms with Gasteiger partial charge in [0.1, 0.15) is 0 Å². The van der Waals surface area contributed by atoms with Crippen LogP contribution in [0.4, 0.5) is 5.69 Å². The summed E-state index contributed by atoms with van der Waals surface area (Å²) in [5.74, 6) is 0. The Morgan fingerprint density at radius 3 is 2.35 bits per heavy atom. The second-order valence-electron chi connectivity index (χ2n) is 4.82. The van der Waals surface area contributed by atoms with Crippen molar-refractivity contribution in [3.63, 3.8) is 0 Å². The third-order valence-electron chi connectivity index (χ3n) is 3.33. The first kappa shape index (κ1) is 15.4. The summed E-state index contributed by atoms with van der Waals surface area (Å²) in [4.78, 5) is 1.22. The van der Waals surface area contributed by atoms with E-state index < -0.39 is 5.54 Å². The molecule has 0 aliphatic heterocycles. The SMILES string of the molecule is CSc1ccc(C(C)(CO)Nc2ccccc2Br)cc1. The van der Waals surface area contributed by atoms with Crippen LogP contribution in [0.1, 0.15) is 12.5 Å². The van der Waals surface area contributed by atoms with Crippen molar-refractivity contribution in [1.82, 2.24) is 0 Å². The second-order valence-corrected chi connectivity index (χ2v) is 6.56. The van der Waals surface area contributed by atoms with Crippen molar-refractivity contribution in [2.24, 2.45) is 0 Å². The van der Waals surface area contributed by atoms with Crippen molar-refractivity contribution in [1.29, 1.82) is 0 Å². The van der Waals surface area contributed by atoms with Gasteiger partial charge in [0.05, 0.1) is 12.1 Å². The van der Waals surface area contributed by atoms with E-state index in [0.717, 1.165) is 15.7 Å². The van der Waals surface area contributed by atoms with Gasteiger partial charge in [0.15, 0.2) is 0 Å². The quantitative estimate of drug-likeness (QED) is 0.778. The Morgan fingerprint density at radius 1 is 1.15 bits per heavy atom. The molecule has 2 nitrogen and oxygen atoms in total. The summed E-state index contributed by atoms with van der Waals surface area (Å²) in [6.45, 7) is 2.02. The molecular weight excluding hydrogens is 334 g/mol. The van der Waals surface area contributed by atoms with Crippen LogP contribution >= 0.6 is 27.7 Å². The van der Waals surface area contributed by atoms with Crippen LogP contribution in [0.2, 0.25) is 0 Å². The predicted octanol–water partition coefficient (Wildman–Crippen LogP) is 4.49. The number of para-hydroxylation sites is 1. The Morgan fingerprint density at radius 2 is 1.80 bits per heavy atom. The number of aliphatic hydroxyl groups excluding tert-OH is 1. The number of hydrogen-bond acceptors (Lipinski definition) is 3. The van der Waals surface area contributed by atoms with Crippen LogP contribution in [0, 0.1) is 0 Å². The molecule has 0 radical (unpaired) electrons. The van der Waals surface area contributed by atoms with E-state index in [1.807, 2.05) is 31.2 Å². The molecule has 4 heteroatoms. The number of hydrogen-bond donors (Lipinski definition) is 2. The van der Waals surface area contributed by atoms with E-state index in [-0.39, 0.29) is 6.61 Å². The van der Waals surface area contributed by atoms with Gasteiger partial charge < -0.3 is 10.4 Å². The summed E-state index contributed by atoms with van der Waals surface area (Å²) in [6, 6.07) is 16.2. The Bertz CT molecular complexity index is 573. The standard InChI is InChI=1S/C16H18BrNOS/c1-16(11-19,12-7-9-13(20-2)10-8-12)18-15-6-4-3-5-14(15)17/h3-10,18-19H,11H2,1-2H3. The lowest BCUT2D eigenvalue weighted by Crippen LogP contribution is -2.35. The predicted molar refractivity (Wildman–Crippen MR) is 90.4 cm³/mol. The number of rotatable bonds is 5. The zero-order valence-electron chi connectivity index (χ0n) is 11.6. The summed E-state index contributed by atoms with van der Waals surface area (Å²) >= 11 is 5.24. The Balaban J connectivity index is 2.30. The van der Waals surface area contributed by atoms with Crippen LogP contribution in [0.15, 0.2) is 57.9 Å². The molecule has 0 heterocycles. The number of halogens is 1. The highest BCUT2D eigenvalue weighted by Crippen LogP contribution is 2.31. The molecule has 0 saturated heterocycles. The van der Waals surface area contributed by atoms with Crippen LogP contribution in [-0.2, 0) is 5.54 Å². The number of anilines is 1. The average Bonchev–Trinajstić information content (AvgIpc) is 2.49. The fourth-order valence-electron chi connectivity index (χ4n) is 2.02. The molecule has 0 fully saturated rings. The molecule has 0 aromatic heterocycles. The summed E-state index contributed by atoms with van der Waals surface area (Å²) in [7, 11) is 0. The molecule has 0 saturated carbocycles. The van der Waals surface area contributed by atoms with Crippen molar-refractivity contribution in [2.75, 3.05) is 18.2 Å². The number of nitrogens with one attached hydrogen (secondary N) is 1. The van der Waals surface area contributed by atoms with E-state index in [0.29, 0.717) is 0 Å². The summed E-state index contributed by atoms with van der Waals surface area (Å²) in [6.07, 6.45) is 2.06. The molecule has 20 heavy (non-hydrogen) atoms. The number of thioether (sulfide) groups is 1. The van der Waals surface area contributed by atoms with Gasteiger partial charge in [0, 0.05) is 15.1 Å². The van der Waals surface area contributed by atoms with Gasteiger partial charge in [-0.25, -0.2) is 0 Å². The van der Waals surface area contributed by atoms with Crippen LogP contribution in [0.5, 0.6) is 0 Å². The molecule has 2 rings (SSSR count). The molecule has 2 aromatic carbocycles. The summed E-state index contributed by atoms with van der Waals surface area (Å²) in [5.41, 5.74) is 1.52. The fourth-order valence-corrected chi connectivity index (χ4v) is 2.81. The molecule has 106 valence electrons. The van der Waals surface area contributed by atoms with Gasteiger partial charge >= 0.3 is 0 Å².